The maximum atomic E-state index is 12.6. The number of primary sulfonamides is 1. The molecular weight excluding hydrogens is 383 g/mol. The normalized spacial score (nSPS) is 12.2. The van der Waals surface area contributed by atoms with Gasteiger partial charge in [-0.15, -0.1) is 11.3 Å². The third-order valence-corrected chi connectivity index (χ3v) is 5.53. The summed E-state index contributed by atoms with van der Waals surface area (Å²) in [7, 11) is -3.84. The van der Waals surface area contributed by atoms with Gasteiger partial charge in [-0.25, -0.2) is 13.6 Å². The molecule has 0 saturated heterocycles. The number of thiophene rings is 1. The van der Waals surface area contributed by atoms with Gasteiger partial charge >= 0.3 is 6.18 Å². The second-order valence-electron chi connectivity index (χ2n) is 4.92. The lowest BCUT2D eigenvalue weighted by atomic mass is 10.3. The highest BCUT2D eigenvalue weighted by atomic mass is 32.2. The van der Waals surface area contributed by atoms with Gasteiger partial charge in [-0.05, 0) is 18.2 Å². The second kappa shape index (κ2) is 6.98. The zero-order chi connectivity index (χ0) is 18.8. The molecule has 2 aromatic rings. The summed E-state index contributed by atoms with van der Waals surface area (Å²) in [5, 5.41) is 7.35. The highest BCUT2D eigenvalue weighted by Crippen LogP contribution is 2.28. The smallest absolute Gasteiger partial charge is 0.350 e. The quantitative estimate of drug-likeness (QED) is 0.783. The number of nitrogens with two attached hydrogens (primary N) is 1. The molecule has 0 aromatic carbocycles. The fraction of sp³-hybridized carbons (Fsp3) is 0.231. The molecule has 0 aliphatic heterocycles. The molecule has 136 valence electrons. The number of rotatable bonds is 5. The van der Waals surface area contributed by atoms with Crippen molar-refractivity contribution in [3.8, 4) is 0 Å². The van der Waals surface area contributed by atoms with Crippen molar-refractivity contribution in [1.29, 1.82) is 0 Å². The number of amides is 1. The van der Waals surface area contributed by atoms with Gasteiger partial charge in [-0.3, -0.25) is 9.59 Å². The number of carbonyl (C=O) groups is 1. The Bertz CT molecular complexity index is 948. The van der Waals surface area contributed by atoms with Crippen LogP contribution in [-0.2, 0) is 34.1 Å². The van der Waals surface area contributed by atoms with Gasteiger partial charge in [0.15, 0.2) is 0 Å². The molecule has 2 aromatic heterocycles. The van der Waals surface area contributed by atoms with Crippen LogP contribution in [-0.4, -0.2) is 18.9 Å². The summed E-state index contributed by atoms with van der Waals surface area (Å²) in [5.74, 6) is -0.702. The van der Waals surface area contributed by atoms with Gasteiger partial charge in [0.05, 0.1) is 12.1 Å². The van der Waals surface area contributed by atoms with E-state index in [1.807, 2.05) is 0 Å². The lowest BCUT2D eigenvalue weighted by Crippen LogP contribution is -2.32. The number of pyridine rings is 1. The van der Waals surface area contributed by atoms with Gasteiger partial charge in [0.25, 0.3) is 5.56 Å². The van der Waals surface area contributed by atoms with Crippen molar-refractivity contribution in [2.24, 2.45) is 5.14 Å². The minimum atomic E-state index is -4.63. The van der Waals surface area contributed by atoms with Crippen LogP contribution in [0, 0.1) is 0 Å². The van der Waals surface area contributed by atoms with E-state index in [9.17, 15) is 31.2 Å². The van der Waals surface area contributed by atoms with Crippen LogP contribution in [0.4, 0.5) is 13.2 Å². The van der Waals surface area contributed by atoms with E-state index in [2.05, 4.69) is 5.32 Å². The van der Waals surface area contributed by atoms with Crippen LogP contribution >= 0.6 is 11.3 Å². The van der Waals surface area contributed by atoms with Crippen LogP contribution < -0.4 is 16.0 Å². The molecule has 7 nitrogen and oxygen atoms in total. The molecule has 0 saturated carbocycles. The Morgan fingerprint density at radius 1 is 1.24 bits per heavy atom. The number of hydrogen-bond acceptors (Lipinski definition) is 5. The molecule has 0 unspecified atom stereocenters. The number of aromatic nitrogens is 1. The number of sulfonamides is 1. The van der Waals surface area contributed by atoms with Crippen LogP contribution in [0.1, 0.15) is 10.4 Å². The maximum absolute atomic E-state index is 12.6. The Kier molecular flexibility index (Phi) is 5.34. The largest absolute Gasteiger partial charge is 0.417 e. The van der Waals surface area contributed by atoms with Gasteiger partial charge in [-0.1, -0.05) is 0 Å². The van der Waals surface area contributed by atoms with Crippen molar-refractivity contribution in [2.45, 2.75) is 23.5 Å². The van der Waals surface area contributed by atoms with E-state index in [-0.39, 0.29) is 10.8 Å². The van der Waals surface area contributed by atoms with Gasteiger partial charge in [0, 0.05) is 17.1 Å². The van der Waals surface area contributed by atoms with E-state index in [1.54, 1.807) is 0 Å². The van der Waals surface area contributed by atoms with Gasteiger partial charge < -0.3 is 9.88 Å². The molecule has 2 rings (SSSR count). The average molecular weight is 395 g/mol. The monoisotopic (exact) mass is 395 g/mol. The Hall–Kier alpha value is -2.18. The Morgan fingerprint density at radius 2 is 1.92 bits per heavy atom. The van der Waals surface area contributed by atoms with Crippen LogP contribution in [0.25, 0.3) is 0 Å². The summed E-state index contributed by atoms with van der Waals surface area (Å²) in [6.07, 6.45) is -4.07. The van der Waals surface area contributed by atoms with Crippen molar-refractivity contribution in [2.75, 3.05) is 0 Å². The van der Waals surface area contributed by atoms with E-state index in [1.165, 1.54) is 12.1 Å². The van der Waals surface area contributed by atoms with Crippen molar-refractivity contribution >= 4 is 27.3 Å². The third-order valence-electron chi connectivity index (χ3n) is 3.00. The SMILES string of the molecule is NS(=O)(=O)c1ccc(CNC(=O)Cn2cc(C(F)(F)F)ccc2=O)s1. The molecule has 0 fully saturated rings. The van der Waals surface area contributed by atoms with Gasteiger partial charge in [-0.2, -0.15) is 13.2 Å². The lowest BCUT2D eigenvalue weighted by Gasteiger charge is -2.10. The first-order chi connectivity index (χ1) is 11.5. The van der Waals surface area contributed by atoms with E-state index in [0.29, 0.717) is 21.7 Å². The minimum Gasteiger partial charge on any atom is -0.350 e. The molecular formula is C13H12F3N3O4S2. The van der Waals surface area contributed by atoms with Crippen molar-refractivity contribution in [3.63, 3.8) is 0 Å². The first kappa shape index (κ1) is 19.1. The highest BCUT2D eigenvalue weighted by Gasteiger charge is 2.31. The molecule has 12 heteroatoms. The molecule has 0 aliphatic rings. The Balaban J connectivity index is 2.03. The summed E-state index contributed by atoms with van der Waals surface area (Å²) < 4.78 is 60.8. The molecule has 0 spiro atoms. The number of halogens is 3. The molecule has 0 aliphatic carbocycles. The van der Waals surface area contributed by atoms with Crippen molar-refractivity contribution in [3.05, 3.63) is 51.3 Å². The number of alkyl halides is 3. The summed E-state index contributed by atoms with van der Waals surface area (Å²) >= 11 is 0.852. The predicted octanol–water partition coefficient (Wildman–Crippen LogP) is 0.892. The number of carbonyl (C=O) groups excluding carboxylic acids is 1. The Morgan fingerprint density at radius 3 is 2.48 bits per heavy atom. The van der Waals surface area contributed by atoms with Crippen molar-refractivity contribution in [1.82, 2.24) is 9.88 Å². The highest BCUT2D eigenvalue weighted by molar-refractivity contribution is 7.91. The molecule has 0 bridgehead atoms. The van der Waals surface area contributed by atoms with Crippen LogP contribution in [0.2, 0.25) is 0 Å². The van der Waals surface area contributed by atoms with E-state index >= 15 is 0 Å². The Labute approximate surface area is 143 Å². The summed E-state index contributed by atoms with van der Waals surface area (Å²) in [6, 6.07) is 4.09. The third kappa shape index (κ3) is 5.14. The van der Waals surface area contributed by atoms with E-state index < -0.39 is 39.8 Å². The average Bonchev–Trinajstić information content (AvgIpc) is 2.95. The zero-order valence-corrected chi connectivity index (χ0v) is 14.0. The first-order valence-electron chi connectivity index (χ1n) is 6.63. The number of nitrogens with one attached hydrogen (secondary N) is 1. The van der Waals surface area contributed by atoms with Crippen LogP contribution in [0.5, 0.6) is 0 Å². The topological polar surface area (TPSA) is 111 Å². The van der Waals surface area contributed by atoms with E-state index in [0.717, 1.165) is 17.4 Å². The summed E-state index contributed by atoms with van der Waals surface area (Å²) in [5.41, 5.74) is -1.80. The first-order valence-corrected chi connectivity index (χ1v) is 8.99. The number of nitrogens with zero attached hydrogens (tertiary/aromatic N) is 1. The standard InChI is InChI=1S/C13H12F3N3O4S2/c14-13(15,16)8-1-3-11(21)19(6-8)7-10(20)18-5-9-2-4-12(24-9)25(17,22)23/h1-4,6H,5,7H2,(H,18,20)(H2,17,22,23). The lowest BCUT2D eigenvalue weighted by molar-refractivity contribution is -0.138. The zero-order valence-electron chi connectivity index (χ0n) is 12.4. The van der Waals surface area contributed by atoms with Gasteiger partial charge in [0.1, 0.15) is 10.8 Å². The van der Waals surface area contributed by atoms with Crippen LogP contribution in [0.15, 0.2) is 39.5 Å². The maximum Gasteiger partial charge on any atom is 0.417 e. The fourth-order valence-electron chi connectivity index (χ4n) is 1.83. The molecule has 0 atom stereocenters. The van der Waals surface area contributed by atoms with Crippen LogP contribution in [0.3, 0.4) is 0 Å². The minimum absolute atomic E-state index is 0.0489. The van der Waals surface area contributed by atoms with Crippen molar-refractivity contribution < 1.29 is 26.4 Å². The number of hydrogen-bond donors (Lipinski definition) is 2. The predicted molar refractivity (Wildman–Crippen MR) is 83.2 cm³/mol. The molecule has 0 radical (unpaired) electrons. The fourth-order valence-corrected chi connectivity index (χ4v) is 3.54. The molecule has 2 heterocycles. The summed E-state index contributed by atoms with van der Waals surface area (Å²) in [4.78, 5) is 23.9. The summed E-state index contributed by atoms with van der Waals surface area (Å²) in [6.45, 7) is -0.650. The molecule has 1 amide bonds. The van der Waals surface area contributed by atoms with Gasteiger partial charge in [0.2, 0.25) is 15.9 Å². The molecule has 25 heavy (non-hydrogen) atoms. The second-order valence-corrected chi connectivity index (χ2v) is 7.88. The van der Waals surface area contributed by atoms with E-state index in [4.69, 9.17) is 5.14 Å². The molecule has 3 N–H and O–H groups in total.